The second-order valence-electron chi connectivity index (χ2n) is 7.33. The van der Waals surface area contributed by atoms with Gasteiger partial charge in [0.15, 0.2) is 6.04 Å². The number of hydrogen-bond acceptors (Lipinski definition) is 9. The standard InChI is InChI=1S/C18H29N5O11/c1-7(24)14(18(33)34)23-17(32)9(2-4-11(20)25)22-16(31)10(3-5-12(26)27)21-15(30)8(19)6-13(28)29/h7-10,14,24H,2-6,19H2,1H3,(H2,20,25)(H,21,30)(H,22,31)(H,23,32)(H,26,27)(H,28,29)(H,33,34). The predicted octanol–water partition coefficient (Wildman–Crippen LogP) is -4.16. The molecule has 0 aliphatic carbocycles. The third-order valence-electron chi connectivity index (χ3n) is 4.37. The van der Waals surface area contributed by atoms with Gasteiger partial charge in [0, 0.05) is 12.8 Å². The number of carbonyl (C=O) groups is 7. The molecule has 5 unspecified atom stereocenters. The van der Waals surface area contributed by atoms with E-state index >= 15 is 0 Å². The summed E-state index contributed by atoms with van der Waals surface area (Å²) in [4.78, 5) is 81.3. The van der Waals surface area contributed by atoms with Crippen molar-refractivity contribution in [3.63, 3.8) is 0 Å². The number of nitrogens with one attached hydrogen (secondary N) is 3. The number of amides is 4. The van der Waals surface area contributed by atoms with E-state index in [4.69, 9.17) is 26.8 Å². The SMILES string of the molecule is CC(O)C(NC(=O)C(CCC(N)=O)NC(=O)C(CCC(=O)O)NC(=O)C(N)CC(=O)O)C(=O)O. The van der Waals surface area contributed by atoms with Gasteiger partial charge in [-0.1, -0.05) is 0 Å². The van der Waals surface area contributed by atoms with Crippen LogP contribution < -0.4 is 27.4 Å². The van der Waals surface area contributed by atoms with E-state index in [2.05, 4.69) is 10.6 Å². The quantitative estimate of drug-likeness (QED) is 0.0993. The summed E-state index contributed by atoms with van der Waals surface area (Å²) < 4.78 is 0. The number of carbonyl (C=O) groups excluding carboxylic acids is 4. The van der Waals surface area contributed by atoms with Crippen LogP contribution in [0.1, 0.15) is 39.0 Å². The van der Waals surface area contributed by atoms with Crippen molar-refractivity contribution in [3.05, 3.63) is 0 Å². The molecule has 0 saturated heterocycles. The molecule has 0 fully saturated rings. The van der Waals surface area contributed by atoms with Gasteiger partial charge in [-0.2, -0.15) is 0 Å². The lowest BCUT2D eigenvalue weighted by molar-refractivity contribution is -0.145. The molecule has 0 aromatic heterocycles. The molecule has 4 amide bonds. The molecule has 0 aromatic carbocycles. The Morgan fingerprint density at radius 2 is 1.24 bits per heavy atom. The van der Waals surface area contributed by atoms with Crippen molar-refractivity contribution in [2.45, 2.75) is 69.3 Å². The number of rotatable bonds is 16. The van der Waals surface area contributed by atoms with Crippen molar-refractivity contribution >= 4 is 41.5 Å². The van der Waals surface area contributed by atoms with Crippen LogP contribution in [0.25, 0.3) is 0 Å². The number of carboxylic acid groups (broad SMARTS) is 3. The van der Waals surface area contributed by atoms with Crippen LogP contribution in [0.5, 0.6) is 0 Å². The molecule has 0 saturated carbocycles. The summed E-state index contributed by atoms with van der Waals surface area (Å²) >= 11 is 0. The minimum absolute atomic E-state index is 0.392. The first kappa shape index (κ1) is 30.2. The molecule has 5 atom stereocenters. The van der Waals surface area contributed by atoms with Crippen LogP contribution in [-0.4, -0.2) is 92.2 Å². The number of carboxylic acids is 3. The Morgan fingerprint density at radius 1 is 0.765 bits per heavy atom. The zero-order valence-electron chi connectivity index (χ0n) is 18.2. The van der Waals surface area contributed by atoms with Gasteiger partial charge in [-0.15, -0.1) is 0 Å². The van der Waals surface area contributed by atoms with Gasteiger partial charge in [0.2, 0.25) is 23.6 Å². The highest BCUT2D eigenvalue weighted by Crippen LogP contribution is 2.05. The molecule has 0 heterocycles. The Morgan fingerprint density at radius 3 is 1.65 bits per heavy atom. The van der Waals surface area contributed by atoms with Crippen molar-refractivity contribution in [2.24, 2.45) is 11.5 Å². The van der Waals surface area contributed by atoms with Gasteiger partial charge in [-0.25, -0.2) is 4.79 Å². The Balaban J connectivity index is 5.64. The lowest BCUT2D eigenvalue weighted by Crippen LogP contribution is -2.58. The maximum Gasteiger partial charge on any atom is 0.328 e. The fraction of sp³-hybridized carbons (Fsp3) is 0.611. The summed E-state index contributed by atoms with van der Waals surface area (Å²) in [7, 11) is 0. The highest BCUT2D eigenvalue weighted by Gasteiger charge is 2.32. The number of aliphatic hydroxyl groups is 1. The van der Waals surface area contributed by atoms with Crippen LogP contribution in [0, 0.1) is 0 Å². The second kappa shape index (κ2) is 14.4. The second-order valence-corrected chi connectivity index (χ2v) is 7.33. The maximum atomic E-state index is 12.7. The van der Waals surface area contributed by atoms with E-state index < -0.39 is 104 Å². The van der Waals surface area contributed by atoms with E-state index in [1.807, 2.05) is 5.32 Å². The van der Waals surface area contributed by atoms with Gasteiger partial charge >= 0.3 is 17.9 Å². The smallest absolute Gasteiger partial charge is 0.328 e. The van der Waals surface area contributed by atoms with Gasteiger partial charge in [-0.05, 0) is 19.8 Å². The molecule has 192 valence electrons. The van der Waals surface area contributed by atoms with E-state index in [-0.39, 0.29) is 0 Å². The van der Waals surface area contributed by atoms with Crippen molar-refractivity contribution < 1.29 is 54.0 Å². The van der Waals surface area contributed by atoms with E-state index in [9.17, 15) is 38.7 Å². The lowest BCUT2D eigenvalue weighted by atomic mass is 10.1. The number of hydrogen-bond donors (Lipinski definition) is 9. The van der Waals surface area contributed by atoms with Gasteiger partial charge in [-0.3, -0.25) is 28.8 Å². The van der Waals surface area contributed by atoms with Crippen molar-refractivity contribution in [3.8, 4) is 0 Å². The third-order valence-corrected chi connectivity index (χ3v) is 4.37. The van der Waals surface area contributed by atoms with Gasteiger partial charge in [0.25, 0.3) is 0 Å². The average Bonchev–Trinajstić information content (AvgIpc) is 2.70. The third kappa shape index (κ3) is 11.7. The molecule has 0 rings (SSSR count). The van der Waals surface area contributed by atoms with Crippen molar-refractivity contribution in [2.75, 3.05) is 0 Å². The number of aliphatic carboxylic acids is 3. The van der Waals surface area contributed by atoms with Crippen LogP contribution in [0.3, 0.4) is 0 Å². The van der Waals surface area contributed by atoms with Crippen LogP contribution in [0.4, 0.5) is 0 Å². The molecule has 11 N–H and O–H groups in total. The minimum Gasteiger partial charge on any atom is -0.481 e. The van der Waals surface area contributed by atoms with Crippen LogP contribution >= 0.6 is 0 Å². The van der Waals surface area contributed by atoms with E-state index in [0.29, 0.717) is 0 Å². The highest BCUT2D eigenvalue weighted by atomic mass is 16.4. The fourth-order valence-electron chi connectivity index (χ4n) is 2.57. The first-order valence-corrected chi connectivity index (χ1v) is 9.95. The van der Waals surface area contributed by atoms with Crippen molar-refractivity contribution in [1.82, 2.24) is 16.0 Å². The van der Waals surface area contributed by atoms with E-state index in [0.717, 1.165) is 6.92 Å². The van der Waals surface area contributed by atoms with Gasteiger partial charge < -0.3 is 47.8 Å². The summed E-state index contributed by atoms with van der Waals surface area (Å²) in [5, 5.41) is 42.5. The minimum atomic E-state index is -1.75. The zero-order valence-corrected chi connectivity index (χ0v) is 18.2. The molecule has 16 heteroatoms. The molecule has 0 spiro atoms. The Kier molecular flexibility index (Phi) is 12.8. The molecule has 16 nitrogen and oxygen atoms in total. The summed E-state index contributed by atoms with van der Waals surface area (Å²) in [5.74, 6) is -8.43. The molecule has 0 aromatic rings. The summed E-state index contributed by atoms with van der Waals surface area (Å²) in [5.41, 5.74) is 10.5. The van der Waals surface area contributed by atoms with Crippen LogP contribution in [-0.2, 0) is 33.6 Å². The van der Waals surface area contributed by atoms with Gasteiger partial charge in [0.05, 0.1) is 18.6 Å². The van der Waals surface area contributed by atoms with Gasteiger partial charge in [0.1, 0.15) is 12.1 Å². The molecule has 0 aliphatic rings. The predicted molar refractivity (Wildman–Crippen MR) is 111 cm³/mol. The van der Waals surface area contributed by atoms with E-state index in [1.165, 1.54) is 0 Å². The molecular formula is C18H29N5O11. The first-order chi connectivity index (χ1) is 15.6. The normalized spacial score (nSPS) is 15.0. The van der Waals surface area contributed by atoms with E-state index in [1.54, 1.807) is 0 Å². The Hall–Kier alpha value is -3.79. The Bertz CT molecular complexity index is 801. The van der Waals surface area contributed by atoms with Crippen LogP contribution in [0.15, 0.2) is 0 Å². The molecule has 0 bridgehead atoms. The fourth-order valence-corrected chi connectivity index (χ4v) is 2.57. The molecule has 0 radical (unpaired) electrons. The number of nitrogens with two attached hydrogens (primary N) is 2. The monoisotopic (exact) mass is 491 g/mol. The first-order valence-electron chi connectivity index (χ1n) is 9.95. The topological polar surface area (TPSA) is 289 Å². The summed E-state index contributed by atoms with van der Waals surface area (Å²) in [6, 6.07) is -6.44. The lowest BCUT2D eigenvalue weighted by Gasteiger charge is -2.25. The molecule has 34 heavy (non-hydrogen) atoms. The molecular weight excluding hydrogens is 462 g/mol. The average molecular weight is 491 g/mol. The summed E-state index contributed by atoms with van der Waals surface area (Å²) in [6.45, 7) is 1.09. The maximum absolute atomic E-state index is 12.7. The highest BCUT2D eigenvalue weighted by molar-refractivity contribution is 5.95. The largest absolute Gasteiger partial charge is 0.481 e. The van der Waals surface area contributed by atoms with Crippen molar-refractivity contribution in [1.29, 1.82) is 0 Å². The van der Waals surface area contributed by atoms with Crippen LogP contribution in [0.2, 0.25) is 0 Å². The zero-order chi connectivity index (χ0) is 26.6. The number of aliphatic hydroxyl groups excluding tert-OH is 1. The Labute approximate surface area is 193 Å². The number of primary amides is 1. The molecule has 0 aliphatic heterocycles. The summed E-state index contributed by atoms with van der Waals surface area (Å²) in [6.07, 6.45) is -4.18.